The average molecular weight is 531 g/mol. The molecule has 0 radical (unpaired) electrons. The van der Waals surface area contributed by atoms with Crippen LogP contribution in [-0.4, -0.2) is 6.73 Å². The molecule has 0 saturated heterocycles. The second-order valence-corrected chi connectivity index (χ2v) is 9.50. The number of benzene rings is 3. The van der Waals surface area contributed by atoms with E-state index < -0.39 is 0 Å². The third kappa shape index (κ3) is 3.79. The summed E-state index contributed by atoms with van der Waals surface area (Å²) in [7, 11) is 0. The van der Waals surface area contributed by atoms with Crippen molar-refractivity contribution >= 4 is 55.8 Å². The van der Waals surface area contributed by atoms with E-state index in [0.29, 0.717) is 39.9 Å². The van der Waals surface area contributed by atoms with Crippen LogP contribution in [0.1, 0.15) is 22.3 Å². The lowest BCUT2D eigenvalue weighted by Gasteiger charge is -2.32. The molecule has 0 unspecified atom stereocenters. The molecule has 0 saturated carbocycles. The van der Waals surface area contributed by atoms with E-state index in [4.69, 9.17) is 32.4 Å². The lowest BCUT2D eigenvalue weighted by atomic mass is 9.97. The summed E-state index contributed by atoms with van der Waals surface area (Å²) >= 11 is 16.5. The Kier molecular flexibility index (Phi) is 5.66. The molecule has 0 aliphatic carbocycles. The number of anilines is 1. The van der Waals surface area contributed by atoms with Crippen molar-refractivity contribution in [2.45, 2.75) is 19.9 Å². The molecule has 0 N–H and O–H groups in total. The van der Waals surface area contributed by atoms with Gasteiger partial charge in [-0.2, -0.15) is 0 Å². The minimum absolute atomic E-state index is 0.287. The zero-order valence-corrected chi connectivity index (χ0v) is 20.2. The Hall–Kier alpha value is -2.47. The number of aryl methyl sites for hydroxylation is 1. The summed E-state index contributed by atoms with van der Waals surface area (Å²) < 4.78 is 12.7. The Morgan fingerprint density at radius 3 is 2.59 bits per heavy atom. The summed E-state index contributed by atoms with van der Waals surface area (Å²) in [5, 5.41) is 1.91. The van der Waals surface area contributed by atoms with Crippen LogP contribution in [0.3, 0.4) is 0 Å². The highest BCUT2D eigenvalue weighted by Crippen LogP contribution is 2.42. The molecule has 1 aliphatic rings. The van der Waals surface area contributed by atoms with Crippen LogP contribution in [-0.2, 0) is 13.0 Å². The van der Waals surface area contributed by atoms with Gasteiger partial charge >= 0.3 is 5.63 Å². The minimum atomic E-state index is -0.345. The van der Waals surface area contributed by atoms with Gasteiger partial charge in [-0.05, 0) is 42.3 Å². The Morgan fingerprint density at radius 1 is 1.06 bits per heavy atom. The van der Waals surface area contributed by atoms with Gasteiger partial charge in [-0.1, -0.05) is 69.5 Å². The summed E-state index contributed by atoms with van der Waals surface area (Å²) in [6.07, 6.45) is 0.497. The highest BCUT2D eigenvalue weighted by atomic mass is 79.9. The summed E-state index contributed by atoms with van der Waals surface area (Å²) in [6, 6.07) is 17.4. The molecule has 162 valence electrons. The minimum Gasteiger partial charge on any atom is -0.471 e. The summed E-state index contributed by atoms with van der Waals surface area (Å²) in [5.41, 5.74) is 4.26. The number of halogens is 3. The summed E-state index contributed by atoms with van der Waals surface area (Å²) in [5.74, 6) is 0.544. The molecule has 2 heterocycles. The molecule has 0 amide bonds. The second kappa shape index (κ2) is 8.47. The van der Waals surface area contributed by atoms with Gasteiger partial charge < -0.3 is 14.1 Å². The highest BCUT2D eigenvalue weighted by molar-refractivity contribution is 9.10. The molecule has 1 aromatic heterocycles. The van der Waals surface area contributed by atoms with E-state index in [0.717, 1.165) is 32.2 Å². The van der Waals surface area contributed by atoms with Crippen LogP contribution in [0.2, 0.25) is 10.0 Å². The fraction of sp³-hybridized carbons (Fsp3) is 0.160. The SMILES string of the molecule is Cc1c(Cc2ccccc2)c(=O)oc2c3c(c(Cl)cc12)OCN(c1ccc(Br)cc1Cl)C3. The molecule has 0 spiro atoms. The van der Waals surface area contributed by atoms with E-state index in [1.54, 1.807) is 0 Å². The van der Waals surface area contributed by atoms with Crippen LogP contribution in [0.4, 0.5) is 5.69 Å². The highest BCUT2D eigenvalue weighted by Gasteiger charge is 2.27. The number of fused-ring (bicyclic) bond motifs is 3. The largest absolute Gasteiger partial charge is 0.471 e. The lowest BCUT2D eigenvalue weighted by molar-refractivity contribution is 0.289. The maximum atomic E-state index is 13.0. The molecule has 5 rings (SSSR count). The summed E-state index contributed by atoms with van der Waals surface area (Å²) in [4.78, 5) is 15.0. The molecule has 0 bridgehead atoms. The lowest BCUT2D eigenvalue weighted by Crippen LogP contribution is -2.32. The Balaban J connectivity index is 1.62. The van der Waals surface area contributed by atoms with Gasteiger partial charge in [-0.15, -0.1) is 0 Å². The molecule has 0 fully saturated rings. The maximum absolute atomic E-state index is 13.0. The van der Waals surface area contributed by atoms with E-state index in [9.17, 15) is 4.79 Å². The summed E-state index contributed by atoms with van der Waals surface area (Å²) in [6.45, 7) is 2.68. The molecule has 4 nitrogen and oxygen atoms in total. The topological polar surface area (TPSA) is 42.7 Å². The predicted molar refractivity (Wildman–Crippen MR) is 132 cm³/mol. The molecule has 7 heteroatoms. The van der Waals surface area contributed by atoms with Crippen molar-refractivity contribution in [2.75, 3.05) is 11.6 Å². The predicted octanol–water partition coefficient (Wildman–Crippen LogP) is 7.12. The van der Waals surface area contributed by atoms with Gasteiger partial charge in [0.2, 0.25) is 0 Å². The van der Waals surface area contributed by atoms with Crippen molar-refractivity contribution < 1.29 is 9.15 Å². The van der Waals surface area contributed by atoms with Crippen molar-refractivity contribution in [3.8, 4) is 5.75 Å². The Morgan fingerprint density at radius 2 is 1.84 bits per heavy atom. The average Bonchev–Trinajstić information content (AvgIpc) is 2.78. The molecule has 1 aliphatic heterocycles. The van der Waals surface area contributed by atoms with Crippen LogP contribution in [0, 0.1) is 6.92 Å². The number of hydrogen-bond donors (Lipinski definition) is 0. The van der Waals surface area contributed by atoms with Crippen molar-refractivity contribution in [3.05, 3.63) is 102 Å². The number of ether oxygens (including phenoxy) is 1. The van der Waals surface area contributed by atoms with E-state index in [-0.39, 0.29) is 12.4 Å². The normalized spacial score (nSPS) is 13.2. The van der Waals surface area contributed by atoms with Gasteiger partial charge in [-0.25, -0.2) is 4.79 Å². The first-order valence-electron chi connectivity index (χ1n) is 10.1. The third-order valence-corrected chi connectivity index (χ3v) is 6.84. The Bertz CT molecular complexity index is 1400. The maximum Gasteiger partial charge on any atom is 0.340 e. The number of rotatable bonds is 3. The van der Waals surface area contributed by atoms with Crippen molar-refractivity contribution in [3.63, 3.8) is 0 Å². The van der Waals surface area contributed by atoms with Crippen LogP contribution in [0.5, 0.6) is 5.75 Å². The molecule has 4 aromatic rings. The first kappa shape index (κ1) is 21.4. The number of hydrogen-bond acceptors (Lipinski definition) is 4. The van der Waals surface area contributed by atoms with Gasteiger partial charge in [0.1, 0.15) is 11.3 Å². The van der Waals surface area contributed by atoms with E-state index in [2.05, 4.69) is 15.9 Å². The number of nitrogens with zero attached hydrogens (tertiary/aromatic N) is 1. The van der Waals surface area contributed by atoms with Crippen molar-refractivity contribution in [1.29, 1.82) is 0 Å². The van der Waals surface area contributed by atoms with Crippen LogP contribution in [0.15, 0.2) is 68.3 Å². The van der Waals surface area contributed by atoms with E-state index in [1.165, 1.54) is 0 Å². The van der Waals surface area contributed by atoms with Gasteiger partial charge in [-0.3, -0.25) is 0 Å². The third-order valence-electron chi connectivity index (χ3n) is 5.77. The van der Waals surface area contributed by atoms with Gasteiger partial charge in [0.15, 0.2) is 6.73 Å². The molecule has 32 heavy (non-hydrogen) atoms. The standard InChI is InChI=1S/C25H18BrCl2NO3/c1-14-17-11-21(28)24-19(12-29(13-31-24)22-8-7-16(26)10-20(22)27)23(17)32-25(30)18(14)9-15-5-3-2-4-6-15/h2-8,10-11H,9,12-13H2,1H3. The zero-order valence-electron chi connectivity index (χ0n) is 17.1. The first-order chi connectivity index (χ1) is 15.4. The quantitative estimate of drug-likeness (QED) is 0.264. The van der Waals surface area contributed by atoms with Gasteiger partial charge in [0.25, 0.3) is 0 Å². The molecular weight excluding hydrogens is 513 g/mol. The smallest absolute Gasteiger partial charge is 0.340 e. The second-order valence-electron chi connectivity index (χ2n) is 7.77. The van der Waals surface area contributed by atoms with Crippen molar-refractivity contribution in [2.24, 2.45) is 0 Å². The fourth-order valence-electron chi connectivity index (χ4n) is 4.11. The van der Waals surface area contributed by atoms with Crippen LogP contribution >= 0.6 is 39.1 Å². The molecule has 3 aromatic carbocycles. The first-order valence-corrected chi connectivity index (χ1v) is 11.6. The molecular formula is C25H18BrCl2NO3. The molecule has 0 atom stereocenters. The van der Waals surface area contributed by atoms with Gasteiger partial charge in [0, 0.05) is 21.8 Å². The van der Waals surface area contributed by atoms with Crippen LogP contribution in [0.25, 0.3) is 11.0 Å². The fourth-order valence-corrected chi connectivity index (χ4v) is 5.18. The Labute approximate surface area is 203 Å². The van der Waals surface area contributed by atoms with Gasteiger partial charge in [0.05, 0.1) is 27.8 Å². The monoisotopic (exact) mass is 529 g/mol. The van der Waals surface area contributed by atoms with Crippen molar-refractivity contribution in [1.82, 2.24) is 0 Å². The van der Waals surface area contributed by atoms with E-state index in [1.807, 2.05) is 66.4 Å². The van der Waals surface area contributed by atoms with Crippen LogP contribution < -0.4 is 15.3 Å². The van der Waals surface area contributed by atoms with E-state index >= 15 is 0 Å². The zero-order chi connectivity index (χ0) is 22.4.